The fraction of sp³-hybridized carbons (Fsp3) is 0.630. The summed E-state index contributed by atoms with van der Waals surface area (Å²) in [5.74, 6) is 0.703. The van der Waals surface area contributed by atoms with Crippen molar-refractivity contribution >= 4 is 39.8 Å². The average Bonchev–Trinajstić information content (AvgIpc) is 3.48. The number of hydrogen-bond acceptors (Lipinski definition) is 7. The highest BCUT2D eigenvalue weighted by atomic mass is 35.5. The molecule has 1 spiro atoms. The van der Waals surface area contributed by atoms with Crippen LogP contribution >= 0.6 is 11.6 Å². The third-order valence-electron chi connectivity index (χ3n) is 9.28. The zero-order chi connectivity index (χ0) is 25.1. The molecule has 194 valence electrons. The highest BCUT2D eigenvalue weighted by molar-refractivity contribution is 6.34. The highest BCUT2D eigenvalue weighted by Gasteiger charge is 2.58. The zero-order valence-electron chi connectivity index (χ0n) is 21.1. The van der Waals surface area contributed by atoms with Crippen molar-refractivity contribution in [3.05, 3.63) is 29.4 Å². The molecule has 1 amide bonds. The lowest BCUT2D eigenvalue weighted by atomic mass is 9.83. The van der Waals surface area contributed by atoms with E-state index in [1.54, 1.807) is 6.20 Å². The molecule has 3 saturated heterocycles. The SMILES string of the molecule is C[C@@]1(O)COC[C@]1(C)N1CCN(c2cc3cc(NC(=O)C4CC45CCOCC5)ncc3cc2Cl)CC1. The number of carbonyl (C=O) groups is 1. The molecule has 9 heteroatoms. The second-order valence-corrected chi connectivity index (χ2v) is 11.9. The van der Waals surface area contributed by atoms with Crippen molar-refractivity contribution in [3.63, 3.8) is 0 Å². The second kappa shape index (κ2) is 8.81. The lowest BCUT2D eigenvalue weighted by Crippen LogP contribution is -2.65. The molecule has 6 rings (SSSR count). The molecule has 3 atom stereocenters. The van der Waals surface area contributed by atoms with Gasteiger partial charge in [-0.2, -0.15) is 0 Å². The number of rotatable bonds is 4. The lowest BCUT2D eigenvalue weighted by Gasteiger charge is -2.48. The van der Waals surface area contributed by atoms with Crippen LogP contribution in [0, 0.1) is 11.3 Å². The van der Waals surface area contributed by atoms with E-state index in [1.165, 1.54) is 0 Å². The van der Waals surface area contributed by atoms with E-state index in [0.29, 0.717) is 24.1 Å². The third-order valence-corrected chi connectivity index (χ3v) is 9.58. The summed E-state index contributed by atoms with van der Waals surface area (Å²) in [6.45, 7) is 9.60. The summed E-state index contributed by atoms with van der Waals surface area (Å²) in [4.78, 5) is 22.0. The van der Waals surface area contributed by atoms with Crippen LogP contribution in [0.1, 0.15) is 33.1 Å². The number of hydrogen-bond donors (Lipinski definition) is 2. The van der Waals surface area contributed by atoms with Gasteiger partial charge in [-0.15, -0.1) is 0 Å². The molecule has 0 radical (unpaired) electrons. The minimum Gasteiger partial charge on any atom is -0.386 e. The molecule has 1 unspecified atom stereocenters. The number of fused-ring (bicyclic) bond motifs is 1. The summed E-state index contributed by atoms with van der Waals surface area (Å²) in [5.41, 5.74) is -0.142. The molecule has 1 aromatic carbocycles. The van der Waals surface area contributed by atoms with Gasteiger partial charge in [0.2, 0.25) is 5.91 Å². The first-order valence-corrected chi connectivity index (χ1v) is 13.4. The molecule has 1 aromatic heterocycles. The van der Waals surface area contributed by atoms with Gasteiger partial charge in [0.05, 0.1) is 29.5 Å². The summed E-state index contributed by atoms with van der Waals surface area (Å²) < 4.78 is 11.1. The summed E-state index contributed by atoms with van der Waals surface area (Å²) in [5, 5.41) is 16.6. The molecule has 4 fully saturated rings. The number of amides is 1. The topological polar surface area (TPSA) is 87.2 Å². The normalized spacial score (nSPS) is 32.2. The fourth-order valence-electron chi connectivity index (χ4n) is 6.36. The second-order valence-electron chi connectivity index (χ2n) is 11.5. The van der Waals surface area contributed by atoms with Gasteiger partial charge < -0.3 is 24.8 Å². The summed E-state index contributed by atoms with van der Waals surface area (Å²) in [6, 6.07) is 5.99. The van der Waals surface area contributed by atoms with Crippen LogP contribution in [-0.2, 0) is 14.3 Å². The number of nitrogens with zero attached hydrogens (tertiary/aromatic N) is 3. The Morgan fingerprint density at radius 3 is 2.53 bits per heavy atom. The van der Waals surface area contributed by atoms with Crippen LogP contribution in [0.25, 0.3) is 10.8 Å². The van der Waals surface area contributed by atoms with Gasteiger partial charge in [-0.1, -0.05) is 11.6 Å². The maximum absolute atomic E-state index is 12.9. The lowest BCUT2D eigenvalue weighted by molar-refractivity contribution is -0.118. The smallest absolute Gasteiger partial charge is 0.229 e. The van der Waals surface area contributed by atoms with Gasteiger partial charge in [0, 0.05) is 56.9 Å². The van der Waals surface area contributed by atoms with E-state index in [-0.39, 0.29) is 17.2 Å². The number of anilines is 2. The van der Waals surface area contributed by atoms with E-state index < -0.39 is 11.1 Å². The Bertz CT molecular complexity index is 1180. The maximum atomic E-state index is 12.9. The Morgan fingerprint density at radius 1 is 1.08 bits per heavy atom. The summed E-state index contributed by atoms with van der Waals surface area (Å²) in [7, 11) is 0. The van der Waals surface area contributed by atoms with Gasteiger partial charge in [0.15, 0.2) is 0 Å². The first-order valence-electron chi connectivity index (χ1n) is 13.0. The van der Waals surface area contributed by atoms with E-state index in [0.717, 1.165) is 75.1 Å². The Labute approximate surface area is 216 Å². The molecule has 3 aliphatic heterocycles. The van der Waals surface area contributed by atoms with Crippen molar-refractivity contribution in [3.8, 4) is 0 Å². The third kappa shape index (κ3) is 4.07. The zero-order valence-corrected chi connectivity index (χ0v) is 21.8. The number of carbonyl (C=O) groups excluding carboxylic acids is 1. The largest absolute Gasteiger partial charge is 0.386 e. The van der Waals surface area contributed by atoms with Crippen LogP contribution in [0.15, 0.2) is 24.4 Å². The minimum atomic E-state index is -0.867. The number of halogens is 1. The van der Waals surface area contributed by atoms with Crippen LogP contribution < -0.4 is 10.2 Å². The standard InChI is InChI=1S/C27H35ClN4O4/c1-25(16-36-17-26(25,2)34)32-7-5-31(6-8-32)22-12-18-13-23(29-15-19(18)11-21(22)28)30-24(33)20-14-27(20)3-9-35-10-4-27/h11-13,15,20,34H,3-10,14,16-17H2,1-2H3,(H,29,30,33)/t20?,25-,26+/m0/s1. The number of benzene rings is 1. The number of piperazine rings is 1. The van der Waals surface area contributed by atoms with E-state index in [1.807, 2.05) is 19.1 Å². The molecule has 2 N–H and O–H groups in total. The van der Waals surface area contributed by atoms with Crippen LogP contribution in [0.4, 0.5) is 11.5 Å². The van der Waals surface area contributed by atoms with E-state index in [2.05, 4.69) is 33.1 Å². The van der Waals surface area contributed by atoms with Gasteiger partial charge in [0.25, 0.3) is 0 Å². The number of pyridine rings is 1. The Balaban J connectivity index is 1.16. The molecule has 4 aliphatic rings. The van der Waals surface area contributed by atoms with Crippen molar-refractivity contribution in [1.29, 1.82) is 0 Å². The van der Waals surface area contributed by atoms with Crippen LogP contribution in [-0.4, -0.2) is 84.6 Å². The molecule has 4 heterocycles. The molecule has 8 nitrogen and oxygen atoms in total. The van der Waals surface area contributed by atoms with Crippen LogP contribution in [0.2, 0.25) is 5.02 Å². The van der Waals surface area contributed by atoms with E-state index in [9.17, 15) is 9.90 Å². The first kappa shape index (κ1) is 24.4. The number of ether oxygens (including phenoxy) is 2. The summed E-state index contributed by atoms with van der Waals surface area (Å²) in [6.07, 6.45) is 4.66. The van der Waals surface area contributed by atoms with Gasteiger partial charge in [0.1, 0.15) is 11.4 Å². The summed E-state index contributed by atoms with van der Waals surface area (Å²) >= 11 is 6.71. The van der Waals surface area contributed by atoms with Crippen molar-refractivity contribution in [2.45, 2.75) is 44.2 Å². The van der Waals surface area contributed by atoms with Crippen LogP contribution in [0.5, 0.6) is 0 Å². The van der Waals surface area contributed by atoms with Gasteiger partial charge in [-0.25, -0.2) is 4.98 Å². The molecular formula is C27H35ClN4O4. The minimum absolute atomic E-state index is 0.0591. The molecule has 1 saturated carbocycles. The van der Waals surface area contributed by atoms with Gasteiger partial charge in [-0.3, -0.25) is 9.69 Å². The number of aliphatic hydroxyl groups is 1. The predicted octanol–water partition coefficient (Wildman–Crippen LogP) is 3.31. The van der Waals surface area contributed by atoms with Crippen molar-refractivity contribution < 1.29 is 19.4 Å². The monoisotopic (exact) mass is 514 g/mol. The molecule has 2 aromatic rings. The van der Waals surface area contributed by atoms with E-state index >= 15 is 0 Å². The molecule has 36 heavy (non-hydrogen) atoms. The van der Waals surface area contributed by atoms with Gasteiger partial charge in [-0.05, 0) is 62.1 Å². The molecular weight excluding hydrogens is 480 g/mol. The number of nitrogens with one attached hydrogen (secondary N) is 1. The Morgan fingerprint density at radius 2 is 1.83 bits per heavy atom. The van der Waals surface area contributed by atoms with Crippen molar-refractivity contribution in [2.75, 3.05) is 62.8 Å². The van der Waals surface area contributed by atoms with Gasteiger partial charge >= 0.3 is 0 Å². The average molecular weight is 515 g/mol. The first-order chi connectivity index (χ1) is 17.2. The Hall–Kier alpha value is -1.97. The van der Waals surface area contributed by atoms with Crippen molar-refractivity contribution in [2.24, 2.45) is 11.3 Å². The highest BCUT2D eigenvalue weighted by Crippen LogP contribution is 2.59. The number of aromatic nitrogens is 1. The van der Waals surface area contributed by atoms with E-state index in [4.69, 9.17) is 21.1 Å². The predicted molar refractivity (Wildman–Crippen MR) is 140 cm³/mol. The van der Waals surface area contributed by atoms with Crippen molar-refractivity contribution in [1.82, 2.24) is 9.88 Å². The fourth-order valence-corrected chi connectivity index (χ4v) is 6.65. The quantitative estimate of drug-likeness (QED) is 0.647. The maximum Gasteiger partial charge on any atom is 0.229 e. The molecule has 0 bridgehead atoms. The molecule has 1 aliphatic carbocycles. The Kier molecular flexibility index (Phi) is 5.96. The van der Waals surface area contributed by atoms with Crippen LogP contribution in [0.3, 0.4) is 0 Å².